The molecule has 3 N–H and O–H groups in total. The van der Waals surface area contributed by atoms with E-state index in [9.17, 15) is 9.90 Å². The number of aryl methyl sites for hydroxylation is 1. The van der Waals surface area contributed by atoms with Gasteiger partial charge >= 0.3 is 0 Å². The minimum absolute atomic E-state index is 0.0902. The van der Waals surface area contributed by atoms with Crippen molar-refractivity contribution in [3.8, 4) is 0 Å². The molecular weight excluding hydrogens is 240 g/mol. The van der Waals surface area contributed by atoms with Crippen molar-refractivity contribution in [1.82, 2.24) is 5.32 Å². The van der Waals surface area contributed by atoms with Gasteiger partial charge in [-0.3, -0.25) is 4.79 Å². The Morgan fingerprint density at radius 2 is 1.95 bits per heavy atom. The molecule has 0 aliphatic carbocycles. The molecular formula is C15H24N2O2. The van der Waals surface area contributed by atoms with Crippen molar-refractivity contribution in [2.24, 2.45) is 0 Å². The second kappa shape index (κ2) is 7.92. The van der Waals surface area contributed by atoms with Crippen LogP contribution < -0.4 is 10.6 Å². The molecule has 0 heterocycles. The third kappa shape index (κ3) is 5.85. The molecule has 1 amide bonds. The summed E-state index contributed by atoms with van der Waals surface area (Å²) in [6.45, 7) is 6.26. The Morgan fingerprint density at radius 1 is 1.32 bits per heavy atom. The van der Waals surface area contributed by atoms with Crippen LogP contribution in [0.2, 0.25) is 0 Å². The van der Waals surface area contributed by atoms with E-state index < -0.39 is 0 Å². The summed E-state index contributed by atoms with van der Waals surface area (Å²) in [7, 11) is 0. The van der Waals surface area contributed by atoms with E-state index in [1.807, 2.05) is 38.1 Å². The number of benzene rings is 1. The molecule has 0 fully saturated rings. The van der Waals surface area contributed by atoms with Crippen LogP contribution in [0.5, 0.6) is 0 Å². The lowest BCUT2D eigenvalue weighted by molar-refractivity contribution is -0.117. The number of anilines is 1. The molecule has 4 heteroatoms. The summed E-state index contributed by atoms with van der Waals surface area (Å²) in [5, 5.41) is 15.5. The van der Waals surface area contributed by atoms with Gasteiger partial charge < -0.3 is 15.7 Å². The Morgan fingerprint density at radius 3 is 2.53 bits per heavy atom. The first kappa shape index (κ1) is 15.7. The molecule has 2 unspecified atom stereocenters. The summed E-state index contributed by atoms with van der Waals surface area (Å²) in [5.41, 5.74) is 1.95. The fraction of sp³-hybridized carbons (Fsp3) is 0.533. The van der Waals surface area contributed by atoms with E-state index in [2.05, 4.69) is 10.6 Å². The van der Waals surface area contributed by atoms with Crippen molar-refractivity contribution in [1.29, 1.82) is 0 Å². The lowest BCUT2D eigenvalue weighted by Gasteiger charge is -2.16. The van der Waals surface area contributed by atoms with Crippen LogP contribution >= 0.6 is 0 Å². The molecule has 1 aromatic carbocycles. The second-order valence-corrected chi connectivity index (χ2v) is 4.93. The smallest absolute Gasteiger partial charge is 0.241 e. The Kier molecular flexibility index (Phi) is 6.53. The molecule has 0 aromatic heterocycles. The minimum atomic E-state index is -0.389. The molecule has 0 saturated heterocycles. The first-order valence-electron chi connectivity index (χ1n) is 6.82. The Balaban J connectivity index is 2.38. The molecule has 1 aromatic rings. The first-order valence-corrected chi connectivity index (χ1v) is 6.82. The molecule has 2 atom stereocenters. The van der Waals surface area contributed by atoms with E-state index in [-0.39, 0.29) is 18.1 Å². The second-order valence-electron chi connectivity index (χ2n) is 4.93. The Hall–Kier alpha value is -1.39. The predicted octanol–water partition coefficient (Wildman–Crippen LogP) is 2.07. The monoisotopic (exact) mass is 264 g/mol. The van der Waals surface area contributed by atoms with Crippen molar-refractivity contribution in [2.75, 3.05) is 11.9 Å². The lowest BCUT2D eigenvalue weighted by atomic mass is 10.2. The van der Waals surface area contributed by atoms with Crippen LogP contribution in [0.25, 0.3) is 0 Å². The molecule has 4 nitrogen and oxygen atoms in total. The Bertz CT molecular complexity index is 390. The standard InChI is InChI=1S/C15H24N2O2/c1-4-5-14(18)10-16-12(3)15(19)17-13-8-6-11(2)7-9-13/h6-9,12,14,16,18H,4-5,10H2,1-3H3,(H,17,19). The van der Waals surface area contributed by atoms with Crippen LogP contribution in [-0.2, 0) is 4.79 Å². The summed E-state index contributed by atoms with van der Waals surface area (Å²) in [5.74, 6) is -0.0902. The minimum Gasteiger partial charge on any atom is -0.392 e. The molecule has 0 spiro atoms. The summed E-state index contributed by atoms with van der Waals surface area (Å²) in [6, 6.07) is 7.35. The molecule has 106 valence electrons. The van der Waals surface area contributed by atoms with Crippen LogP contribution in [0.1, 0.15) is 32.3 Å². The molecule has 19 heavy (non-hydrogen) atoms. The quantitative estimate of drug-likeness (QED) is 0.706. The van der Waals surface area contributed by atoms with Gasteiger partial charge in [0.25, 0.3) is 0 Å². The molecule has 0 radical (unpaired) electrons. The summed E-state index contributed by atoms with van der Waals surface area (Å²) < 4.78 is 0. The predicted molar refractivity (Wildman–Crippen MR) is 78.2 cm³/mol. The summed E-state index contributed by atoms with van der Waals surface area (Å²) in [4.78, 5) is 11.9. The largest absolute Gasteiger partial charge is 0.392 e. The highest BCUT2D eigenvalue weighted by Crippen LogP contribution is 2.08. The lowest BCUT2D eigenvalue weighted by Crippen LogP contribution is -2.41. The van der Waals surface area contributed by atoms with Gasteiger partial charge in [0.1, 0.15) is 0 Å². The number of carbonyl (C=O) groups excluding carboxylic acids is 1. The van der Waals surface area contributed by atoms with Crippen molar-refractivity contribution in [2.45, 2.75) is 45.8 Å². The van der Waals surface area contributed by atoms with E-state index >= 15 is 0 Å². The number of hydrogen-bond donors (Lipinski definition) is 3. The summed E-state index contributed by atoms with van der Waals surface area (Å²) >= 11 is 0. The Labute approximate surface area is 115 Å². The fourth-order valence-electron chi connectivity index (χ4n) is 1.73. The van der Waals surface area contributed by atoms with Gasteiger partial charge in [0.2, 0.25) is 5.91 Å². The number of nitrogens with one attached hydrogen (secondary N) is 2. The highest BCUT2D eigenvalue weighted by atomic mass is 16.3. The SMILES string of the molecule is CCCC(O)CNC(C)C(=O)Nc1ccc(C)cc1. The van der Waals surface area contributed by atoms with Gasteiger partial charge in [-0.2, -0.15) is 0 Å². The molecule has 0 aliphatic heterocycles. The third-order valence-electron chi connectivity index (χ3n) is 2.99. The zero-order valence-corrected chi connectivity index (χ0v) is 11.9. The number of aliphatic hydroxyl groups excluding tert-OH is 1. The maximum Gasteiger partial charge on any atom is 0.241 e. The van der Waals surface area contributed by atoms with Gasteiger partial charge in [0, 0.05) is 12.2 Å². The fourth-order valence-corrected chi connectivity index (χ4v) is 1.73. The zero-order chi connectivity index (χ0) is 14.3. The number of aliphatic hydroxyl groups is 1. The maximum absolute atomic E-state index is 11.9. The average molecular weight is 264 g/mol. The van der Waals surface area contributed by atoms with Crippen molar-refractivity contribution in [3.05, 3.63) is 29.8 Å². The maximum atomic E-state index is 11.9. The van der Waals surface area contributed by atoms with E-state index in [1.54, 1.807) is 6.92 Å². The van der Waals surface area contributed by atoms with Gasteiger partial charge in [0.05, 0.1) is 12.1 Å². The molecule has 0 bridgehead atoms. The first-order chi connectivity index (χ1) is 9.02. The van der Waals surface area contributed by atoms with Crippen LogP contribution in [0.4, 0.5) is 5.69 Å². The molecule has 0 saturated carbocycles. The highest BCUT2D eigenvalue weighted by molar-refractivity contribution is 5.94. The molecule has 0 aliphatic rings. The van der Waals surface area contributed by atoms with Crippen LogP contribution in [0.15, 0.2) is 24.3 Å². The van der Waals surface area contributed by atoms with E-state index in [0.29, 0.717) is 6.54 Å². The number of carbonyl (C=O) groups is 1. The van der Waals surface area contributed by atoms with Gasteiger partial charge in [-0.25, -0.2) is 0 Å². The third-order valence-corrected chi connectivity index (χ3v) is 2.99. The van der Waals surface area contributed by atoms with Gasteiger partial charge in [0.15, 0.2) is 0 Å². The normalized spacial score (nSPS) is 13.9. The van der Waals surface area contributed by atoms with E-state index in [4.69, 9.17) is 0 Å². The van der Waals surface area contributed by atoms with Gasteiger partial charge in [-0.1, -0.05) is 31.0 Å². The van der Waals surface area contributed by atoms with Crippen molar-refractivity contribution >= 4 is 11.6 Å². The van der Waals surface area contributed by atoms with Crippen molar-refractivity contribution in [3.63, 3.8) is 0 Å². The molecule has 1 rings (SSSR count). The number of hydrogen-bond acceptors (Lipinski definition) is 3. The topological polar surface area (TPSA) is 61.4 Å². The van der Waals surface area contributed by atoms with E-state index in [0.717, 1.165) is 24.1 Å². The number of amides is 1. The average Bonchev–Trinajstić information content (AvgIpc) is 2.39. The van der Waals surface area contributed by atoms with Crippen molar-refractivity contribution < 1.29 is 9.90 Å². The van der Waals surface area contributed by atoms with Crippen LogP contribution in [-0.4, -0.2) is 29.7 Å². The zero-order valence-electron chi connectivity index (χ0n) is 11.9. The summed E-state index contributed by atoms with van der Waals surface area (Å²) in [6.07, 6.45) is 1.30. The number of rotatable bonds is 7. The van der Waals surface area contributed by atoms with Crippen LogP contribution in [0, 0.1) is 6.92 Å². The van der Waals surface area contributed by atoms with Crippen LogP contribution in [0.3, 0.4) is 0 Å². The van der Waals surface area contributed by atoms with E-state index in [1.165, 1.54) is 0 Å². The van der Waals surface area contributed by atoms with Gasteiger partial charge in [-0.15, -0.1) is 0 Å². The highest BCUT2D eigenvalue weighted by Gasteiger charge is 2.13. The van der Waals surface area contributed by atoms with Gasteiger partial charge in [-0.05, 0) is 32.4 Å².